The molecule has 0 saturated carbocycles. The minimum absolute atomic E-state index is 0.00652. The summed E-state index contributed by atoms with van der Waals surface area (Å²) in [4.78, 5) is 43.2. The number of ether oxygens (including phenoxy) is 1. The van der Waals surface area contributed by atoms with Gasteiger partial charge in [0.05, 0.1) is 25.2 Å². The molecule has 2 fully saturated rings. The molecule has 0 aromatic carbocycles. The van der Waals surface area contributed by atoms with Gasteiger partial charge in [0.25, 0.3) is 11.5 Å². The minimum Gasteiger partial charge on any atom is -0.378 e. The Morgan fingerprint density at radius 3 is 3.00 bits per heavy atom. The number of carbonyl (C=O) groups is 2. The predicted molar refractivity (Wildman–Crippen MR) is 83.6 cm³/mol. The number of rotatable bonds is 1. The van der Waals surface area contributed by atoms with E-state index < -0.39 is 17.4 Å². The van der Waals surface area contributed by atoms with Crippen LogP contribution in [0.1, 0.15) is 10.4 Å². The third-order valence-electron chi connectivity index (χ3n) is 4.37. The largest absolute Gasteiger partial charge is 0.378 e. The van der Waals surface area contributed by atoms with Crippen LogP contribution in [-0.2, 0) is 9.53 Å². The second kappa shape index (κ2) is 5.72. The van der Waals surface area contributed by atoms with Gasteiger partial charge in [-0.25, -0.2) is 4.98 Å². The number of hydrogen-bond acceptors (Lipinski definition) is 5. The maximum absolute atomic E-state index is 12.8. The summed E-state index contributed by atoms with van der Waals surface area (Å²) in [7, 11) is 0. The number of fused-ring (bicyclic) bond motifs is 4. The third-order valence-corrected chi connectivity index (χ3v) is 4.37. The van der Waals surface area contributed by atoms with Gasteiger partial charge in [-0.1, -0.05) is 6.07 Å². The Kier molecular flexibility index (Phi) is 3.53. The quantitative estimate of drug-likeness (QED) is 0.746. The summed E-state index contributed by atoms with van der Waals surface area (Å²) < 4.78 is 6.79. The minimum atomic E-state index is -0.419. The molecular formula is C16H16N4O4. The highest BCUT2D eigenvalue weighted by molar-refractivity contribution is 5.94. The number of carbonyl (C=O) groups excluding carboxylic acids is 2. The fourth-order valence-electron chi connectivity index (χ4n) is 3.14. The maximum Gasteiger partial charge on any atom is 0.270 e. The smallest absolute Gasteiger partial charge is 0.270 e. The first-order chi connectivity index (χ1) is 11.6. The van der Waals surface area contributed by atoms with Crippen molar-refractivity contribution >= 4 is 17.5 Å². The standard InChI is InChI=1S/C16H16N4O4/c21-14-10-6-19(7-11(18-14)9-24-8-10)15(22)12-5-17-13-3-1-2-4-20(13)16(12)23/h1-5,10-11H,6-9H2,(H,18,21)/t10-,11+/m1/s1. The average Bonchev–Trinajstić information content (AvgIpc) is 2.83. The van der Waals surface area contributed by atoms with Crippen LogP contribution in [0, 0.1) is 5.92 Å². The van der Waals surface area contributed by atoms with E-state index in [-0.39, 0.29) is 30.7 Å². The molecule has 124 valence electrons. The zero-order valence-electron chi connectivity index (χ0n) is 12.8. The van der Waals surface area contributed by atoms with E-state index in [2.05, 4.69) is 10.3 Å². The molecule has 4 heterocycles. The molecule has 2 aliphatic rings. The van der Waals surface area contributed by atoms with Crippen molar-refractivity contribution in [3.8, 4) is 0 Å². The van der Waals surface area contributed by atoms with Gasteiger partial charge in [-0.15, -0.1) is 0 Å². The summed E-state index contributed by atoms with van der Waals surface area (Å²) >= 11 is 0. The van der Waals surface area contributed by atoms with Crippen LogP contribution in [0.25, 0.3) is 5.65 Å². The summed E-state index contributed by atoms with van der Waals surface area (Å²) in [5, 5.41) is 2.86. The van der Waals surface area contributed by atoms with E-state index >= 15 is 0 Å². The summed E-state index contributed by atoms with van der Waals surface area (Å²) in [6, 6.07) is 4.92. The lowest BCUT2D eigenvalue weighted by atomic mass is 10.1. The summed E-state index contributed by atoms with van der Waals surface area (Å²) in [5.74, 6) is -0.932. The first-order valence-corrected chi connectivity index (χ1v) is 7.77. The lowest BCUT2D eigenvalue weighted by Gasteiger charge is -2.27. The van der Waals surface area contributed by atoms with E-state index in [0.29, 0.717) is 18.8 Å². The zero-order chi connectivity index (χ0) is 16.7. The summed E-state index contributed by atoms with van der Waals surface area (Å²) in [5.41, 5.74) is 0.0830. The van der Waals surface area contributed by atoms with Crippen LogP contribution >= 0.6 is 0 Å². The Hall–Kier alpha value is -2.74. The van der Waals surface area contributed by atoms with Crippen molar-refractivity contribution in [2.24, 2.45) is 5.92 Å². The molecule has 2 atom stereocenters. The Morgan fingerprint density at radius 2 is 2.12 bits per heavy atom. The summed E-state index contributed by atoms with van der Waals surface area (Å²) in [6.07, 6.45) is 2.89. The van der Waals surface area contributed by atoms with Gasteiger partial charge >= 0.3 is 0 Å². The van der Waals surface area contributed by atoms with Gasteiger partial charge in [0.1, 0.15) is 11.2 Å². The second-order valence-electron chi connectivity index (χ2n) is 6.06. The first kappa shape index (κ1) is 14.8. The van der Waals surface area contributed by atoms with Crippen molar-refractivity contribution in [3.05, 3.63) is 46.5 Å². The lowest BCUT2D eigenvalue weighted by Crippen LogP contribution is -2.45. The Labute approximate surface area is 137 Å². The van der Waals surface area contributed by atoms with Crippen LogP contribution in [0.5, 0.6) is 0 Å². The monoisotopic (exact) mass is 328 g/mol. The lowest BCUT2D eigenvalue weighted by molar-refractivity contribution is -0.125. The molecular weight excluding hydrogens is 312 g/mol. The topological polar surface area (TPSA) is 93.0 Å². The number of amides is 2. The molecule has 2 aliphatic heterocycles. The van der Waals surface area contributed by atoms with Crippen LogP contribution in [0.4, 0.5) is 0 Å². The Bertz CT molecular complexity index is 878. The number of hydrogen-bond donors (Lipinski definition) is 1. The molecule has 8 heteroatoms. The van der Waals surface area contributed by atoms with Crippen LogP contribution in [0.3, 0.4) is 0 Å². The first-order valence-electron chi connectivity index (χ1n) is 7.77. The normalized spacial score (nSPS) is 23.7. The molecule has 0 unspecified atom stereocenters. The van der Waals surface area contributed by atoms with Crippen LogP contribution in [-0.4, -0.2) is 58.4 Å². The van der Waals surface area contributed by atoms with Gasteiger partial charge in [0.2, 0.25) is 5.91 Å². The van der Waals surface area contributed by atoms with Crippen molar-refractivity contribution in [1.29, 1.82) is 0 Å². The molecule has 4 rings (SSSR count). The van der Waals surface area contributed by atoms with E-state index in [1.54, 1.807) is 29.3 Å². The molecule has 2 aromatic rings. The van der Waals surface area contributed by atoms with Crippen molar-refractivity contribution in [1.82, 2.24) is 19.6 Å². The van der Waals surface area contributed by atoms with Gasteiger partial charge in [-0.3, -0.25) is 18.8 Å². The van der Waals surface area contributed by atoms with Gasteiger partial charge in [-0.05, 0) is 12.1 Å². The van der Waals surface area contributed by atoms with E-state index in [4.69, 9.17) is 4.74 Å². The molecule has 2 bridgehead atoms. The van der Waals surface area contributed by atoms with Gasteiger partial charge in [0.15, 0.2) is 0 Å². The van der Waals surface area contributed by atoms with Crippen molar-refractivity contribution in [2.45, 2.75) is 6.04 Å². The molecule has 8 nitrogen and oxygen atoms in total. The Morgan fingerprint density at radius 1 is 1.25 bits per heavy atom. The van der Waals surface area contributed by atoms with Gasteiger partial charge in [0, 0.05) is 25.5 Å². The molecule has 2 saturated heterocycles. The van der Waals surface area contributed by atoms with Crippen LogP contribution in [0.15, 0.2) is 35.4 Å². The SMILES string of the molecule is O=C1N[C@@H]2COC[C@H]1CN(C(=O)c1cnc3ccccn3c1=O)C2. The molecule has 0 aliphatic carbocycles. The van der Waals surface area contributed by atoms with Gasteiger partial charge < -0.3 is 15.0 Å². The molecule has 0 radical (unpaired) electrons. The average molecular weight is 328 g/mol. The van der Waals surface area contributed by atoms with E-state index in [1.807, 2.05) is 0 Å². The number of pyridine rings is 1. The number of nitrogens with zero attached hydrogens (tertiary/aromatic N) is 3. The summed E-state index contributed by atoms with van der Waals surface area (Å²) in [6.45, 7) is 1.19. The third kappa shape index (κ3) is 2.44. The molecule has 2 aromatic heterocycles. The maximum atomic E-state index is 12.8. The van der Waals surface area contributed by atoms with Crippen molar-refractivity contribution in [2.75, 3.05) is 26.3 Å². The van der Waals surface area contributed by atoms with E-state index in [9.17, 15) is 14.4 Å². The molecule has 1 N–H and O–H groups in total. The molecule has 24 heavy (non-hydrogen) atoms. The highest BCUT2D eigenvalue weighted by Gasteiger charge is 2.36. The number of nitrogens with one attached hydrogen (secondary N) is 1. The number of aromatic nitrogens is 2. The van der Waals surface area contributed by atoms with Crippen molar-refractivity contribution in [3.63, 3.8) is 0 Å². The fourth-order valence-corrected chi connectivity index (χ4v) is 3.14. The second-order valence-corrected chi connectivity index (χ2v) is 6.06. The van der Waals surface area contributed by atoms with Crippen molar-refractivity contribution < 1.29 is 14.3 Å². The van der Waals surface area contributed by atoms with Crippen LogP contribution in [0.2, 0.25) is 0 Å². The van der Waals surface area contributed by atoms with Crippen LogP contribution < -0.4 is 10.9 Å². The zero-order valence-corrected chi connectivity index (χ0v) is 12.8. The molecule has 0 spiro atoms. The highest BCUT2D eigenvalue weighted by atomic mass is 16.5. The van der Waals surface area contributed by atoms with E-state index in [0.717, 1.165) is 0 Å². The predicted octanol–water partition coefficient (Wildman–Crippen LogP) is -0.718. The Balaban J connectivity index is 1.70. The fraction of sp³-hybridized carbons (Fsp3) is 0.375. The van der Waals surface area contributed by atoms with Gasteiger partial charge in [-0.2, -0.15) is 0 Å². The van der Waals surface area contributed by atoms with E-state index in [1.165, 1.54) is 10.6 Å². The highest BCUT2D eigenvalue weighted by Crippen LogP contribution is 2.15. The molecule has 2 amide bonds.